The van der Waals surface area contributed by atoms with Gasteiger partial charge in [-0.2, -0.15) is 9.67 Å². The lowest BCUT2D eigenvalue weighted by atomic mass is 10.0. The van der Waals surface area contributed by atoms with E-state index in [1.54, 1.807) is 55.1 Å². The molecule has 0 atom stereocenters. The summed E-state index contributed by atoms with van der Waals surface area (Å²) in [6, 6.07) is 8.40. The Kier molecular flexibility index (Phi) is 5.84. The minimum Gasteiger partial charge on any atom is -0.858 e. The predicted molar refractivity (Wildman–Crippen MR) is 124 cm³/mol. The van der Waals surface area contributed by atoms with Gasteiger partial charge in [-0.3, -0.25) is 14.5 Å². The number of halogens is 1. The molecule has 0 N–H and O–H groups in total. The molecule has 2 amide bonds. The summed E-state index contributed by atoms with van der Waals surface area (Å²) >= 11 is 6.12. The summed E-state index contributed by atoms with van der Waals surface area (Å²) in [7, 11) is 0. The molecule has 0 saturated heterocycles. The topological polar surface area (TPSA) is 82.1 Å². The summed E-state index contributed by atoms with van der Waals surface area (Å²) in [5.74, 6) is -1.38. The van der Waals surface area contributed by atoms with Crippen LogP contribution in [0.3, 0.4) is 0 Å². The standard InChI is InChI=1S/C25H25ClN4O3/c1-6-19-20(24(32)30(27-19)18-9-7-8-17(26)11-18)21-22(25(33)29(14(2)3)23(21)31)28-12-15(4)10-16(5)13-28/h7-14H,6H2,1-5H3. The number of nitrogens with zero attached hydrogens (tertiary/aromatic N) is 4. The number of carbonyl (C=O) groups excluding carboxylic acids is 2. The Balaban J connectivity index is 2.04. The number of aryl methyl sites for hydroxylation is 3. The highest BCUT2D eigenvalue weighted by Crippen LogP contribution is 2.38. The van der Waals surface area contributed by atoms with Crippen LogP contribution in [-0.4, -0.2) is 32.5 Å². The van der Waals surface area contributed by atoms with Crippen LogP contribution in [0.4, 0.5) is 0 Å². The van der Waals surface area contributed by atoms with E-state index in [4.69, 9.17) is 11.6 Å². The zero-order valence-corrected chi connectivity index (χ0v) is 20.0. The Morgan fingerprint density at radius 2 is 1.76 bits per heavy atom. The van der Waals surface area contributed by atoms with E-state index in [1.807, 2.05) is 26.8 Å². The van der Waals surface area contributed by atoms with Crippen molar-refractivity contribution < 1.29 is 19.3 Å². The van der Waals surface area contributed by atoms with Crippen LogP contribution in [-0.2, 0) is 16.0 Å². The van der Waals surface area contributed by atoms with Crippen LogP contribution < -0.4 is 9.67 Å². The van der Waals surface area contributed by atoms with Crippen LogP contribution in [0.5, 0.6) is 5.88 Å². The van der Waals surface area contributed by atoms with E-state index in [0.29, 0.717) is 22.8 Å². The van der Waals surface area contributed by atoms with Gasteiger partial charge in [-0.05, 0) is 64.3 Å². The second kappa shape index (κ2) is 8.48. The van der Waals surface area contributed by atoms with Crippen LogP contribution in [0.25, 0.3) is 17.0 Å². The molecule has 0 unspecified atom stereocenters. The van der Waals surface area contributed by atoms with Gasteiger partial charge in [0.05, 0.1) is 11.4 Å². The van der Waals surface area contributed by atoms with Gasteiger partial charge in [0, 0.05) is 27.8 Å². The fourth-order valence-electron chi connectivity index (χ4n) is 4.23. The SMILES string of the molecule is CCc1nn(-c2cccc(Cl)c2)c([O-])c1C1=C([n+]2cc(C)cc(C)c2)C(=O)N(C(C)C)C1=O. The monoisotopic (exact) mass is 464 g/mol. The Bertz CT molecular complexity index is 1300. The number of hydrogen-bond donors (Lipinski definition) is 0. The fourth-order valence-corrected chi connectivity index (χ4v) is 4.42. The Labute approximate surface area is 197 Å². The number of aromatic nitrogens is 3. The number of imide groups is 1. The van der Waals surface area contributed by atoms with Gasteiger partial charge in [-0.25, -0.2) is 4.68 Å². The molecule has 0 fully saturated rings. The zero-order chi connectivity index (χ0) is 24.0. The van der Waals surface area contributed by atoms with Crippen molar-refractivity contribution in [1.29, 1.82) is 0 Å². The Hall–Kier alpha value is -3.45. The van der Waals surface area contributed by atoms with E-state index >= 15 is 0 Å². The van der Waals surface area contributed by atoms with Crippen molar-refractivity contribution in [2.75, 3.05) is 0 Å². The highest BCUT2D eigenvalue weighted by atomic mass is 35.5. The molecule has 170 valence electrons. The number of amides is 2. The first kappa shape index (κ1) is 22.7. The summed E-state index contributed by atoms with van der Waals surface area (Å²) in [5.41, 5.74) is 3.20. The lowest BCUT2D eigenvalue weighted by molar-refractivity contribution is -0.577. The van der Waals surface area contributed by atoms with Crippen molar-refractivity contribution in [2.24, 2.45) is 0 Å². The van der Waals surface area contributed by atoms with Gasteiger partial charge >= 0.3 is 5.91 Å². The third-order valence-corrected chi connectivity index (χ3v) is 5.79. The molecule has 0 aliphatic carbocycles. The van der Waals surface area contributed by atoms with E-state index in [0.717, 1.165) is 11.1 Å². The molecule has 2 aromatic heterocycles. The molecule has 1 aliphatic heterocycles. The van der Waals surface area contributed by atoms with Crippen molar-refractivity contribution >= 4 is 34.7 Å². The van der Waals surface area contributed by atoms with Crippen LogP contribution in [0.2, 0.25) is 5.02 Å². The van der Waals surface area contributed by atoms with E-state index in [2.05, 4.69) is 5.10 Å². The first-order chi connectivity index (χ1) is 15.6. The van der Waals surface area contributed by atoms with Crippen molar-refractivity contribution in [3.8, 4) is 11.6 Å². The predicted octanol–water partition coefficient (Wildman–Crippen LogP) is 3.21. The molecule has 0 spiro atoms. The lowest BCUT2D eigenvalue weighted by Crippen LogP contribution is -2.42. The van der Waals surface area contributed by atoms with Crippen molar-refractivity contribution in [3.05, 3.63) is 70.1 Å². The van der Waals surface area contributed by atoms with Gasteiger partial charge in [0.25, 0.3) is 11.6 Å². The molecule has 1 aromatic carbocycles. The molecule has 8 heteroatoms. The zero-order valence-electron chi connectivity index (χ0n) is 19.2. The van der Waals surface area contributed by atoms with E-state index in [9.17, 15) is 14.7 Å². The molecule has 0 bridgehead atoms. The van der Waals surface area contributed by atoms with Gasteiger partial charge in [0.2, 0.25) is 0 Å². The molecule has 1 aliphatic rings. The van der Waals surface area contributed by atoms with Crippen LogP contribution in [0.1, 0.15) is 43.2 Å². The molecule has 7 nitrogen and oxygen atoms in total. The largest absolute Gasteiger partial charge is 0.858 e. The first-order valence-electron chi connectivity index (χ1n) is 10.8. The van der Waals surface area contributed by atoms with Crippen molar-refractivity contribution in [1.82, 2.24) is 14.7 Å². The minimum atomic E-state index is -0.492. The number of benzene rings is 1. The van der Waals surface area contributed by atoms with E-state index in [1.165, 1.54) is 9.58 Å². The molecule has 0 saturated carbocycles. The molecule has 4 rings (SSSR count). The lowest BCUT2D eigenvalue weighted by Gasteiger charge is -2.18. The normalized spacial score (nSPS) is 14.2. The van der Waals surface area contributed by atoms with Crippen molar-refractivity contribution in [2.45, 2.75) is 47.1 Å². The summed E-state index contributed by atoms with van der Waals surface area (Å²) in [6.45, 7) is 9.24. The Morgan fingerprint density at radius 3 is 2.33 bits per heavy atom. The summed E-state index contributed by atoms with van der Waals surface area (Å²) in [6.07, 6.45) is 3.99. The van der Waals surface area contributed by atoms with Gasteiger partial charge in [0.15, 0.2) is 12.4 Å². The number of rotatable bonds is 5. The average Bonchev–Trinajstić information content (AvgIpc) is 3.19. The Morgan fingerprint density at radius 1 is 1.09 bits per heavy atom. The summed E-state index contributed by atoms with van der Waals surface area (Å²) < 4.78 is 2.89. The number of carbonyl (C=O) groups is 2. The second-order valence-electron chi connectivity index (χ2n) is 8.47. The molecule has 0 radical (unpaired) electrons. The maximum absolute atomic E-state index is 13.6. The average molecular weight is 465 g/mol. The van der Waals surface area contributed by atoms with Gasteiger partial charge in [-0.1, -0.05) is 24.6 Å². The highest BCUT2D eigenvalue weighted by Gasteiger charge is 2.47. The third-order valence-electron chi connectivity index (χ3n) is 5.56. The molecule has 3 heterocycles. The first-order valence-corrected chi connectivity index (χ1v) is 11.2. The minimum absolute atomic E-state index is 0.0822. The van der Waals surface area contributed by atoms with Crippen LogP contribution >= 0.6 is 11.6 Å². The second-order valence-corrected chi connectivity index (χ2v) is 8.90. The smallest absolute Gasteiger partial charge is 0.327 e. The fraction of sp³-hybridized carbons (Fsp3) is 0.280. The maximum Gasteiger partial charge on any atom is 0.327 e. The maximum atomic E-state index is 13.6. The van der Waals surface area contributed by atoms with Crippen molar-refractivity contribution in [3.63, 3.8) is 0 Å². The van der Waals surface area contributed by atoms with Gasteiger partial charge in [0.1, 0.15) is 5.57 Å². The van der Waals surface area contributed by atoms with Gasteiger partial charge in [-0.15, -0.1) is 0 Å². The quantitative estimate of drug-likeness (QED) is 0.429. The molecule has 3 aromatic rings. The molecular weight excluding hydrogens is 440 g/mol. The number of hydrogen-bond acceptors (Lipinski definition) is 4. The highest BCUT2D eigenvalue weighted by molar-refractivity contribution is 6.45. The molecule has 33 heavy (non-hydrogen) atoms. The third kappa shape index (κ3) is 3.82. The number of pyridine rings is 1. The van der Waals surface area contributed by atoms with E-state index < -0.39 is 17.7 Å². The molecular formula is C25H25ClN4O3. The van der Waals surface area contributed by atoms with Gasteiger partial charge < -0.3 is 5.11 Å². The summed E-state index contributed by atoms with van der Waals surface area (Å²) in [5, 5.41) is 18.6. The van der Waals surface area contributed by atoms with Crippen LogP contribution in [0, 0.1) is 13.8 Å². The van der Waals surface area contributed by atoms with Crippen LogP contribution in [0.15, 0.2) is 42.7 Å². The van der Waals surface area contributed by atoms with E-state index in [-0.39, 0.29) is 22.9 Å². The summed E-state index contributed by atoms with van der Waals surface area (Å²) in [4.78, 5) is 28.2.